The second-order valence-electron chi connectivity index (χ2n) is 7.20. The molecule has 0 atom stereocenters. The first kappa shape index (κ1) is 23.1. The molecule has 3 aromatic rings. The van der Waals surface area contributed by atoms with E-state index in [2.05, 4.69) is 10.5 Å². The number of carbonyl (C=O) groups is 2. The third kappa shape index (κ3) is 4.39. The molecule has 1 amide bonds. The van der Waals surface area contributed by atoms with E-state index in [1.54, 1.807) is 31.2 Å². The highest BCUT2D eigenvalue weighted by Gasteiger charge is 2.23. The van der Waals surface area contributed by atoms with Gasteiger partial charge in [0.25, 0.3) is 21.5 Å². The molecule has 0 bridgehead atoms. The van der Waals surface area contributed by atoms with E-state index in [1.165, 1.54) is 13.0 Å². The van der Waals surface area contributed by atoms with E-state index in [1.807, 2.05) is 11.8 Å². The molecule has 2 aromatic carbocycles. The number of amides is 1. The van der Waals surface area contributed by atoms with Crippen molar-refractivity contribution in [1.82, 2.24) is 20.0 Å². The van der Waals surface area contributed by atoms with Crippen molar-refractivity contribution in [3.05, 3.63) is 69.1 Å². The Labute approximate surface area is 183 Å². The van der Waals surface area contributed by atoms with Gasteiger partial charge in [0.05, 0.1) is 15.8 Å². The van der Waals surface area contributed by atoms with Crippen LogP contribution in [-0.4, -0.2) is 35.2 Å². The van der Waals surface area contributed by atoms with Crippen molar-refractivity contribution in [2.45, 2.75) is 38.6 Å². The molecule has 32 heavy (non-hydrogen) atoms. The highest BCUT2D eigenvalue weighted by atomic mass is 32.2. The van der Waals surface area contributed by atoms with Crippen LogP contribution in [-0.2, 0) is 16.6 Å². The van der Waals surface area contributed by atoms with Crippen molar-refractivity contribution in [3.63, 3.8) is 0 Å². The lowest BCUT2D eigenvalue weighted by Crippen LogP contribution is -2.43. The molecule has 1 heterocycles. The number of carboxylic acids is 1. The second-order valence-corrected chi connectivity index (χ2v) is 8.85. The average Bonchev–Trinajstić information content (AvgIpc) is 2.75. The number of aromatic carboxylic acids is 1. The predicted molar refractivity (Wildman–Crippen MR) is 117 cm³/mol. The molecule has 3 N–H and O–H groups in total. The maximum atomic E-state index is 12.8. The Bertz CT molecular complexity index is 1400. The molecule has 0 spiro atoms. The van der Waals surface area contributed by atoms with Crippen LogP contribution in [0.15, 0.2) is 46.1 Å². The van der Waals surface area contributed by atoms with Crippen molar-refractivity contribution in [3.8, 4) is 0 Å². The highest BCUT2D eigenvalue weighted by molar-refractivity contribution is 7.89. The van der Waals surface area contributed by atoms with Crippen LogP contribution in [0, 0.1) is 13.8 Å². The number of aryl methyl sites for hydroxylation is 2. The quantitative estimate of drug-likeness (QED) is 0.457. The maximum Gasteiger partial charge on any atom is 0.335 e. The van der Waals surface area contributed by atoms with Gasteiger partial charge in [0, 0.05) is 11.9 Å². The Balaban J connectivity index is 1.97. The Kier molecular flexibility index (Phi) is 6.42. The molecule has 0 aliphatic carbocycles. The number of carbonyl (C=O) groups excluding carboxylic acids is 1. The Morgan fingerprint density at radius 3 is 2.41 bits per heavy atom. The van der Waals surface area contributed by atoms with E-state index in [0.717, 1.165) is 10.7 Å². The fraction of sp³-hybridized carbons (Fsp3) is 0.238. The Hall–Kier alpha value is -3.57. The zero-order valence-electron chi connectivity index (χ0n) is 17.7. The number of hydrogen-bond acceptors (Lipinski definition) is 6. The number of fused-ring (bicyclic) bond motifs is 1. The number of carboxylic acid groups (broad SMARTS) is 1. The summed E-state index contributed by atoms with van der Waals surface area (Å²) in [6, 6.07) is 8.79. The van der Waals surface area contributed by atoms with Crippen LogP contribution in [0.2, 0.25) is 0 Å². The van der Waals surface area contributed by atoms with Crippen molar-refractivity contribution >= 4 is 32.7 Å². The zero-order valence-corrected chi connectivity index (χ0v) is 18.5. The summed E-state index contributed by atoms with van der Waals surface area (Å²) < 4.78 is 26.8. The van der Waals surface area contributed by atoms with E-state index >= 15 is 0 Å². The van der Waals surface area contributed by atoms with E-state index in [-0.39, 0.29) is 39.0 Å². The highest BCUT2D eigenvalue weighted by Crippen LogP contribution is 2.21. The van der Waals surface area contributed by atoms with Gasteiger partial charge in [0.15, 0.2) is 5.69 Å². The van der Waals surface area contributed by atoms with Gasteiger partial charge >= 0.3 is 5.97 Å². The number of sulfonamides is 1. The summed E-state index contributed by atoms with van der Waals surface area (Å²) in [6.45, 7) is 5.27. The summed E-state index contributed by atoms with van der Waals surface area (Å²) in [5.74, 6) is -2.14. The number of hydrogen-bond donors (Lipinski definition) is 3. The number of hydrazine groups is 1. The lowest BCUT2D eigenvalue weighted by Gasteiger charge is -2.14. The minimum absolute atomic E-state index is 0.122. The van der Waals surface area contributed by atoms with Crippen LogP contribution in [0.25, 0.3) is 10.8 Å². The van der Waals surface area contributed by atoms with Crippen molar-refractivity contribution in [2.75, 3.05) is 0 Å². The van der Waals surface area contributed by atoms with Crippen molar-refractivity contribution in [1.29, 1.82) is 0 Å². The molecular weight excluding hydrogens is 436 g/mol. The monoisotopic (exact) mass is 458 g/mol. The number of benzene rings is 2. The SMILES string of the molecule is CCCn1nc(C(=O)NNS(=O)(=O)c2cc(C(=O)O)cc(C)c2C)c2ccccc2c1=O. The van der Waals surface area contributed by atoms with E-state index in [0.29, 0.717) is 17.5 Å². The first-order chi connectivity index (χ1) is 15.1. The molecule has 0 fully saturated rings. The standard InChI is InChI=1S/C21H22N4O6S/c1-4-9-25-20(27)16-8-6-5-7-15(16)18(23-25)19(26)22-24-32(30,31)17-11-14(21(28)29)10-12(2)13(17)3/h5-8,10-11,24H,4,9H2,1-3H3,(H,22,26)(H,28,29). The molecular formula is C21H22N4O6S. The number of rotatable bonds is 7. The molecule has 0 saturated heterocycles. The van der Waals surface area contributed by atoms with E-state index in [9.17, 15) is 27.9 Å². The minimum atomic E-state index is -4.30. The van der Waals surface area contributed by atoms with E-state index < -0.39 is 21.9 Å². The number of aromatic nitrogens is 2. The zero-order chi connectivity index (χ0) is 23.6. The first-order valence-electron chi connectivity index (χ1n) is 9.73. The normalized spacial score (nSPS) is 11.5. The summed E-state index contributed by atoms with van der Waals surface area (Å²) in [5.41, 5.74) is 2.26. The van der Waals surface area contributed by atoms with Crippen LogP contribution in [0.3, 0.4) is 0 Å². The molecule has 3 rings (SSSR count). The Morgan fingerprint density at radius 2 is 1.78 bits per heavy atom. The molecule has 0 saturated carbocycles. The topological polar surface area (TPSA) is 147 Å². The lowest BCUT2D eigenvalue weighted by atomic mass is 10.1. The fourth-order valence-corrected chi connectivity index (χ4v) is 4.41. The van der Waals surface area contributed by atoms with Gasteiger partial charge in [0.1, 0.15) is 0 Å². The van der Waals surface area contributed by atoms with Crippen molar-refractivity contribution < 1.29 is 23.1 Å². The van der Waals surface area contributed by atoms with Crippen LogP contribution in [0.1, 0.15) is 45.3 Å². The van der Waals surface area contributed by atoms with Gasteiger partial charge in [-0.3, -0.25) is 15.0 Å². The van der Waals surface area contributed by atoms with Gasteiger partial charge in [-0.15, -0.1) is 4.83 Å². The summed E-state index contributed by atoms with van der Waals surface area (Å²) >= 11 is 0. The molecule has 10 nitrogen and oxygen atoms in total. The molecule has 0 aliphatic rings. The van der Waals surface area contributed by atoms with Gasteiger partial charge in [-0.25, -0.2) is 17.9 Å². The predicted octanol–water partition coefficient (Wildman–Crippen LogP) is 1.74. The number of nitrogens with one attached hydrogen (secondary N) is 2. The van der Waals surface area contributed by atoms with Crippen LogP contribution >= 0.6 is 0 Å². The first-order valence-corrected chi connectivity index (χ1v) is 11.2. The van der Waals surface area contributed by atoms with Gasteiger partial charge in [0.2, 0.25) is 0 Å². The van der Waals surface area contributed by atoms with Crippen molar-refractivity contribution in [2.24, 2.45) is 0 Å². The van der Waals surface area contributed by atoms with Crippen LogP contribution in [0.5, 0.6) is 0 Å². The summed E-state index contributed by atoms with van der Waals surface area (Å²) in [5, 5.41) is 13.9. The third-order valence-corrected chi connectivity index (χ3v) is 6.35. The molecule has 0 radical (unpaired) electrons. The summed E-state index contributed by atoms with van der Waals surface area (Å²) in [6.07, 6.45) is 0.609. The van der Waals surface area contributed by atoms with E-state index in [4.69, 9.17) is 0 Å². The van der Waals surface area contributed by atoms with Crippen LogP contribution in [0.4, 0.5) is 0 Å². The van der Waals surface area contributed by atoms with Gasteiger partial charge in [-0.2, -0.15) is 5.10 Å². The number of nitrogens with zero attached hydrogens (tertiary/aromatic N) is 2. The molecule has 0 aliphatic heterocycles. The summed E-state index contributed by atoms with van der Waals surface area (Å²) in [4.78, 5) is 38.4. The maximum absolute atomic E-state index is 12.8. The third-order valence-electron chi connectivity index (χ3n) is 4.97. The Morgan fingerprint density at radius 1 is 1.12 bits per heavy atom. The van der Waals surface area contributed by atoms with Gasteiger partial charge < -0.3 is 5.11 Å². The minimum Gasteiger partial charge on any atom is -0.478 e. The largest absolute Gasteiger partial charge is 0.478 e. The fourth-order valence-electron chi connectivity index (χ4n) is 3.22. The molecule has 11 heteroatoms. The summed E-state index contributed by atoms with van der Waals surface area (Å²) in [7, 11) is -4.30. The molecule has 168 valence electrons. The van der Waals surface area contributed by atoms with Gasteiger partial charge in [-0.05, 0) is 49.6 Å². The average molecular weight is 458 g/mol. The smallest absolute Gasteiger partial charge is 0.335 e. The van der Waals surface area contributed by atoms with Crippen LogP contribution < -0.4 is 15.8 Å². The second kappa shape index (κ2) is 8.89. The lowest BCUT2D eigenvalue weighted by molar-refractivity contribution is 0.0696. The molecule has 0 unspecified atom stereocenters. The van der Waals surface area contributed by atoms with Gasteiger partial charge in [-0.1, -0.05) is 25.1 Å². The molecule has 1 aromatic heterocycles.